The molecular weight excluding hydrogens is 222 g/mol. The number of carboxylic acid groups (broad SMARTS) is 1. The molecule has 1 heterocycles. The van der Waals surface area contributed by atoms with E-state index in [9.17, 15) is 9.59 Å². The van der Waals surface area contributed by atoms with Gasteiger partial charge in [0, 0.05) is 0 Å². The van der Waals surface area contributed by atoms with Crippen molar-refractivity contribution in [1.82, 2.24) is 4.73 Å². The van der Waals surface area contributed by atoms with Crippen LogP contribution in [0.5, 0.6) is 0 Å². The summed E-state index contributed by atoms with van der Waals surface area (Å²) in [6.07, 6.45) is 0. The molecule has 0 radical (unpaired) electrons. The van der Waals surface area contributed by atoms with Gasteiger partial charge in [-0.1, -0.05) is 17.7 Å². The second-order valence-corrected chi connectivity index (χ2v) is 3.71. The lowest BCUT2D eigenvalue weighted by Crippen LogP contribution is -2.30. The molecule has 88 valence electrons. The third-order valence-corrected chi connectivity index (χ3v) is 2.54. The molecule has 1 aromatic heterocycles. The molecule has 5 nitrogen and oxygen atoms in total. The first kappa shape index (κ1) is 11.2. The molecule has 0 bridgehead atoms. The molecule has 0 spiro atoms. The van der Waals surface area contributed by atoms with Crippen molar-refractivity contribution in [2.75, 3.05) is 7.11 Å². The molecule has 1 N–H and O–H groups in total. The SMILES string of the molecule is COn1c(C(=O)O)cc2ccc(C)cc2c1=O. The van der Waals surface area contributed by atoms with Crippen LogP contribution in [0.2, 0.25) is 0 Å². The van der Waals surface area contributed by atoms with E-state index in [1.54, 1.807) is 12.1 Å². The van der Waals surface area contributed by atoms with Crippen molar-refractivity contribution in [1.29, 1.82) is 0 Å². The predicted octanol–water partition coefficient (Wildman–Crippen LogP) is 1.07. The van der Waals surface area contributed by atoms with Crippen molar-refractivity contribution in [3.05, 3.63) is 45.9 Å². The summed E-state index contributed by atoms with van der Waals surface area (Å²) in [6, 6.07) is 6.67. The molecule has 0 atom stereocenters. The number of aryl methyl sites for hydroxylation is 1. The van der Waals surface area contributed by atoms with E-state index >= 15 is 0 Å². The first-order valence-electron chi connectivity index (χ1n) is 4.99. The summed E-state index contributed by atoms with van der Waals surface area (Å²) in [6.45, 7) is 1.86. The number of aromatic nitrogens is 1. The smallest absolute Gasteiger partial charge is 0.356 e. The van der Waals surface area contributed by atoms with E-state index in [0.29, 0.717) is 10.8 Å². The first-order chi connectivity index (χ1) is 8.04. The van der Waals surface area contributed by atoms with Crippen LogP contribution in [-0.4, -0.2) is 22.9 Å². The van der Waals surface area contributed by atoms with Crippen LogP contribution >= 0.6 is 0 Å². The normalized spacial score (nSPS) is 10.5. The monoisotopic (exact) mass is 233 g/mol. The number of fused-ring (bicyclic) bond motifs is 1. The van der Waals surface area contributed by atoms with Crippen molar-refractivity contribution in [3.63, 3.8) is 0 Å². The van der Waals surface area contributed by atoms with Gasteiger partial charge in [-0.15, -0.1) is 4.73 Å². The van der Waals surface area contributed by atoms with Crippen LogP contribution < -0.4 is 10.4 Å². The zero-order valence-electron chi connectivity index (χ0n) is 9.43. The minimum absolute atomic E-state index is 0.186. The highest BCUT2D eigenvalue weighted by Gasteiger charge is 2.15. The fourth-order valence-corrected chi connectivity index (χ4v) is 1.74. The van der Waals surface area contributed by atoms with Gasteiger partial charge in [-0.05, 0) is 24.4 Å². The summed E-state index contributed by atoms with van der Waals surface area (Å²) in [4.78, 5) is 27.8. The molecule has 1 aromatic carbocycles. The Morgan fingerprint density at radius 2 is 2.06 bits per heavy atom. The topological polar surface area (TPSA) is 68.5 Å². The summed E-state index contributed by atoms with van der Waals surface area (Å²) < 4.78 is 0.782. The summed E-state index contributed by atoms with van der Waals surface area (Å²) >= 11 is 0. The van der Waals surface area contributed by atoms with E-state index in [0.717, 1.165) is 10.3 Å². The lowest BCUT2D eigenvalue weighted by molar-refractivity contribution is 0.0630. The molecular formula is C12H11NO4. The summed E-state index contributed by atoms with van der Waals surface area (Å²) in [7, 11) is 1.26. The van der Waals surface area contributed by atoms with Crippen LogP contribution in [0.25, 0.3) is 10.8 Å². The van der Waals surface area contributed by atoms with E-state index in [1.165, 1.54) is 13.2 Å². The zero-order chi connectivity index (χ0) is 12.6. The number of pyridine rings is 1. The van der Waals surface area contributed by atoms with Crippen LogP contribution in [0, 0.1) is 6.92 Å². The second-order valence-electron chi connectivity index (χ2n) is 3.71. The summed E-state index contributed by atoms with van der Waals surface area (Å²) in [5.41, 5.74) is 0.278. The fraction of sp³-hybridized carbons (Fsp3) is 0.167. The van der Waals surface area contributed by atoms with Crippen LogP contribution in [0.15, 0.2) is 29.1 Å². The van der Waals surface area contributed by atoms with Gasteiger partial charge >= 0.3 is 5.97 Å². The number of carboxylic acids is 1. The highest BCUT2D eigenvalue weighted by atomic mass is 16.7. The minimum atomic E-state index is -1.20. The molecule has 0 saturated carbocycles. The van der Waals surface area contributed by atoms with Gasteiger partial charge in [-0.2, -0.15) is 0 Å². The van der Waals surface area contributed by atoms with Gasteiger partial charge in [0.1, 0.15) is 7.11 Å². The lowest BCUT2D eigenvalue weighted by Gasteiger charge is -2.09. The molecule has 0 aliphatic rings. The van der Waals surface area contributed by atoms with E-state index in [1.807, 2.05) is 13.0 Å². The highest BCUT2D eigenvalue weighted by molar-refractivity contribution is 5.92. The Labute approximate surface area is 96.8 Å². The quantitative estimate of drug-likeness (QED) is 0.842. The van der Waals surface area contributed by atoms with Gasteiger partial charge in [0.05, 0.1) is 5.39 Å². The van der Waals surface area contributed by atoms with E-state index in [4.69, 9.17) is 9.94 Å². The molecule has 0 fully saturated rings. The van der Waals surface area contributed by atoms with Crippen LogP contribution in [0.3, 0.4) is 0 Å². The maximum atomic E-state index is 12.0. The maximum Gasteiger partial charge on any atom is 0.356 e. The molecule has 0 aliphatic carbocycles. The molecule has 5 heteroatoms. The predicted molar refractivity (Wildman–Crippen MR) is 62.4 cm³/mol. The number of nitrogens with zero attached hydrogens (tertiary/aromatic N) is 1. The largest absolute Gasteiger partial charge is 0.476 e. The Hall–Kier alpha value is -2.30. The third kappa shape index (κ3) is 1.75. The Balaban J connectivity index is 2.93. The average Bonchev–Trinajstić information content (AvgIpc) is 2.29. The molecule has 0 saturated heterocycles. The zero-order valence-corrected chi connectivity index (χ0v) is 9.43. The minimum Gasteiger partial charge on any atom is -0.476 e. The lowest BCUT2D eigenvalue weighted by atomic mass is 10.1. The number of aromatic carboxylic acids is 1. The molecule has 0 unspecified atom stereocenters. The van der Waals surface area contributed by atoms with E-state index in [-0.39, 0.29) is 5.69 Å². The molecule has 0 amide bonds. The molecule has 2 aromatic rings. The average molecular weight is 233 g/mol. The number of rotatable bonds is 2. The number of hydrogen-bond donors (Lipinski definition) is 1. The van der Waals surface area contributed by atoms with Gasteiger partial charge in [0.2, 0.25) is 0 Å². The van der Waals surface area contributed by atoms with Crippen molar-refractivity contribution in [2.24, 2.45) is 0 Å². The van der Waals surface area contributed by atoms with Crippen molar-refractivity contribution >= 4 is 16.7 Å². The fourth-order valence-electron chi connectivity index (χ4n) is 1.74. The van der Waals surface area contributed by atoms with Gasteiger partial charge in [0.15, 0.2) is 5.69 Å². The number of benzene rings is 1. The van der Waals surface area contributed by atoms with Gasteiger partial charge in [-0.3, -0.25) is 4.79 Å². The van der Waals surface area contributed by atoms with Gasteiger partial charge < -0.3 is 9.94 Å². The van der Waals surface area contributed by atoms with Crippen LogP contribution in [0.1, 0.15) is 16.1 Å². The second kappa shape index (κ2) is 3.93. The Morgan fingerprint density at radius 3 is 2.65 bits per heavy atom. The van der Waals surface area contributed by atoms with E-state index < -0.39 is 11.5 Å². The summed E-state index contributed by atoms with van der Waals surface area (Å²) in [5, 5.41) is 10.0. The molecule has 0 aliphatic heterocycles. The van der Waals surface area contributed by atoms with E-state index in [2.05, 4.69) is 0 Å². The Bertz CT molecular complexity index is 657. The Morgan fingerprint density at radius 1 is 1.35 bits per heavy atom. The number of hydrogen-bond acceptors (Lipinski definition) is 3. The third-order valence-electron chi connectivity index (χ3n) is 2.54. The van der Waals surface area contributed by atoms with Crippen molar-refractivity contribution in [2.45, 2.75) is 6.92 Å². The van der Waals surface area contributed by atoms with Crippen molar-refractivity contribution in [3.8, 4) is 0 Å². The molecule has 17 heavy (non-hydrogen) atoms. The summed E-state index contributed by atoms with van der Waals surface area (Å²) in [5.74, 6) is -1.20. The molecule has 2 rings (SSSR count). The first-order valence-corrected chi connectivity index (χ1v) is 4.99. The van der Waals surface area contributed by atoms with Crippen LogP contribution in [0.4, 0.5) is 0 Å². The van der Waals surface area contributed by atoms with Gasteiger partial charge in [-0.25, -0.2) is 4.79 Å². The van der Waals surface area contributed by atoms with Gasteiger partial charge in [0.25, 0.3) is 5.56 Å². The van der Waals surface area contributed by atoms with Crippen LogP contribution in [-0.2, 0) is 0 Å². The maximum absolute atomic E-state index is 12.0. The highest BCUT2D eigenvalue weighted by Crippen LogP contribution is 2.13. The van der Waals surface area contributed by atoms with Crippen molar-refractivity contribution < 1.29 is 14.7 Å². The Kier molecular flexibility index (Phi) is 2.59. The number of carbonyl (C=O) groups is 1. The standard InChI is InChI=1S/C12H11NO4/c1-7-3-4-8-6-10(12(15)16)13(17-2)11(14)9(8)5-7/h3-6H,1-2H3,(H,15,16).